The fourth-order valence-electron chi connectivity index (χ4n) is 5.42. The highest BCUT2D eigenvalue weighted by Gasteiger charge is 2.50. The number of esters is 1. The summed E-state index contributed by atoms with van der Waals surface area (Å²) in [4.78, 5) is 39.5. The number of hydrogen-bond acceptors (Lipinski definition) is 5. The Bertz CT molecular complexity index is 1050. The van der Waals surface area contributed by atoms with Crippen molar-refractivity contribution in [2.45, 2.75) is 46.1 Å². The molecular formula is C23H27ClN2O4S. The zero-order chi connectivity index (χ0) is 22.4. The van der Waals surface area contributed by atoms with Crippen LogP contribution in [-0.4, -0.2) is 48.4 Å². The van der Waals surface area contributed by atoms with Crippen molar-refractivity contribution in [1.29, 1.82) is 0 Å². The number of benzene rings is 1. The number of hydrogen-bond donors (Lipinski definition) is 1. The van der Waals surface area contributed by atoms with Gasteiger partial charge in [0, 0.05) is 22.7 Å². The van der Waals surface area contributed by atoms with Crippen molar-refractivity contribution in [2.75, 3.05) is 19.7 Å². The third-order valence-corrected chi connectivity index (χ3v) is 7.90. The minimum absolute atomic E-state index is 0.129. The third-order valence-electron chi connectivity index (χ3n) is 6.23. The summed E-state index contributed by atoms with van der Waals surface area (Å²) in [6.07, 6.45) is 3.06. The van der Waals surface area contributed by atoms with Gasteiger partial charge < -0.3 is 15.0 Å². The number of ether oxygens (including phenoxy) is 1. The van der Waals surface area contributed by atoms with Crippen LogP contribution in [0.25, 0.3) is 10.1 Å². The monoisotopic (exact) mass is 462 g/mol. The number of nitrogens with one attached hydrogen (secondary N) is 1. The fraction of sp³-hybridized carbons (Fsp3) is 0.522. The maximum Gasteiger partial charge on any atom is 0.325 e. The third kappa shape index (κ3) is 4.58. The molecule has 1 aliphatic carbocycles. The van der Waals surface area contributed by atoms with Gasteiger partial charge in [-0.15, -0.1) is 11.3 Å². The molecular weight excluding hydrogens is 436 g/mol. The summed E-state index contributed by atoms with van der Waals surface area (Å²) in [6.45, 7) is 6.82. The summed E-state index contributed by atoms with van der Waals surface area (Å²) in [7, 11) is 0. The van der Waals surface area contributed by atoms with Crippen molar-refractivity contribution in [3.8, 4) is 0 Å². The second-order valence-electron chi connectivity index (χ2n) is 9.82. The van der Waals surface area contributed by atoms with Crippen LogP contribution in [-0.2, 0) is 14.3 Å². The molecule has 1 N–H and O–H groups in total. The minimum atomic E-state index is -0.646. The predicted octanol–water partition coefficient (Wildman–Crippen LogP) is 4.25. The number of thiophene rings is 1. The van der Waals surface area contributed by atoms with Crippen LogP contribution in [0.3, 0.4) is 0 Å². The maximum absolute atomic E-state index is 12.7. The first-order chi connectivity index (χ1) is 14.6. The van der Waals surface area contributed by atoms with Crippen LogP contribution in [0.4, 0.5) is 0 Å². The first-order valence-electron chi connectivity index (χ1n) is 10.5. The molecule has 1 aromatic heterocycles. The minimum Gasteiger partial charge on any atom is -0.454 e. The van der Waals surface area contributed by atoms with Gasteiger partial charge in [-0.05, 0) is 36.2 Å². The number of carbonyl (C=O) groups excluding carboxylic acids is 3. The van der Waals surface area contributed by atoms with E-state index in [0.717, 1.165) is 29.3 Å². The smallest absolute Gasteiger partial charge is 0.325 e. The Morgan fingerprint density at radius 3 is 2.71 bits per heavy atom. The van der Waals surface area contributed by atoms with Crippen molar-refractivity contribution in [2.24, 2.45) is 10.8 Å². The molecule has 1 saturated carbocycles. The number of rotatable bonds is 5. The zero-order valence-corrected chi connectivity index (χ0v) is 19.6. The molecule has 2 unspecified atom stereocenters. The molecule has 1 saturated heterocycles. The van der Waals surface area contributed by atoms with Crippen molar-refractivity contribution in [1.82, 2.24) is 10.2 Å². The lowest BCUT2D eigenvalue weighted by atomic mass is 9.65. The number of amides is 2. The van der Waals surface area contributed by atoms with Gasteiger partial charge in [-0.1, -0.05) is 50.6 Å². The van der Waals surface area contributed by atoms with E-state index in [2.05, 4.69) is 26.1 Å². The van der Waals surface area contributed by atoms with Crippen molar-refractivity contribution in [3.05, 3.63) is 34.2 Å². The van der Waals surface area contributed by atoms with E-state index in [1.165, 1.54) is 11.3 Å². The molecule has 4 rings (SSSR count). The molecule has 2 atom stereocenters. The van der Waals surface area contributed by atoms with Crippen molar-refractivity contribution in [3.63, 3.8) is 0 Å². The second kappa shape index (κ2) is 8.10. The Balaban J connectivity index is 1.28. The largest absolute Gasteiger partial charge is 0.454 e. The highest BCUT2D eigenvalue weighted by molar-refractivity contribution is 7.21. The predicted molar refractivity (Wildman–Crippen MR) is 121 cm³/mol. The molecule has 2 amide bonds. The Kier molecular flexibility index (Phi) is 5.77. The molecule has 1 aliphatic heterocycles. The van der Waals surface area contributed by atoms with Crippen molar-refractivity contribution >= 4 is 50.8 Å². The number of halogens is 1. The number of nitrogens with zero attached hydrogens (tertiary/aromatic N) is 1. The van der Waals surface area contributed by atoms with Gasteiger partial charge in [-0.3, -0.25) is 14.4 Å². The topological polar surface area (TPSA) is 75.7 Å². The van der Waals surface area contributed by atoms with Crippen molar-refractivity contribution < 1.29 is 19.1 Å². The summed E-state index contributed by atoms with van der Waals surface area (Å²) in [5.74, 6) is -1.25. The normalized spacial score (nSPS) is 24.3. The van der Waals surface area contributed by atoms with Gasteiger partial charge in [-0.2, -0.15) is 0 Å². The number of carbonyl (C=O) groups is 3. The van der Waals surface area contributed by atoms with E-state index in [-0.39, 0.29) is 35.9 Å². The molecule has 2 aromatic rings. The summed E-state index contributed by atoms with van der Waals surface area (Å²) >= 11 is 7.57. The van der Waals surface area contributed by atoms with Crippen LogP contribution in [0, 0.1) is 10.8 Å². The Labute approximate surface area is 190 Å². The van der Waals surface area contributed by atoms with Crippen LogP contribution in [0.5, 0.6) is 0 Å². The standard InChI is InChI=1S/C23H27ClN2O4S/c1-22(2)8-14-9-23(3,12-22)13-26(14)17(27)11-30-18(28)10-25-21(29)20-19(24)15-6-4-5-7-16(15)31-20/h4-7,14H,8-13H2,1-3H3,(H,25,29). The number of likely N-dealkylation sites (tertiary alicyclic amines) is 1. The Morgan fingerprint density at radius 1 is 1.23 bits per heavy atom. The Hall–Kier alpha value is -2.12. The molecule has 0 spiro atoms. The molecule has 166 valence electrons. The lowest BCUT2D eigenvalue weighted by Crippen LogP contribution is -2.40. The van der Waals surface area contributed by atoms with E-state index in [9.17, 15) is 14.4 Å². The van der Waals surface area contributed by atoms with Gasteiger partial charge in [0.05, 0.1) is 5.02 Å². The Morgan fingerprint density at radius 2 is 1.97 bits per heavy atom. The molecule has 0 radical (unpaired) electrons. The van der Waals surface area contributed by atoms with Gasteiger partial charge >= 0.3 is 5.97 Å². The van der Waals surface area contributed by atoms with Gasteiger partial charge in [0.15, 0.2) is 6.61 Å². The first-order valence-corrected chi connectivity index (χ1v) is 11.7. The lowest BCUT2D eigenvalue weighted by Gasteiger charge is -2.39. The molecule has 2 heterocycles. The van der Waals surface area contributed by atoms with E-state index < -0.39 is 11.9 Å². The van der Waals surface area contributed by atoms with Crippen LogP contribution in [0.2, 0.25) is 5.02 Å². The summed E-state index contributed by atoms with van der Waals surface area (Å²) in [5, 5.41) is 3.71. The zero-order valence-electron chi connectivity index (χ0n) is 18.0. The van der Waals surface area contributed by atoms with E-state index >= 15 is 0 Å². The van der Waals surface area contributed by atoms with Crippen LogP contribution in [0.15, 0.2) is 24.3 Å². The second-order valence-corrected chi connectivity index (χ2v) is 11.3. The fourth-order valence-corrected chi connectivity index (χ4v) is 6.85. The summed E-state index contributed by atoms with van der Waals surface area (Å²) < 4.78 is 6.05. The van der Waals surface area contributed by atoms with E-state index in [1.54, 1.807) is 0 Å². The highest BCUT2D eigenvalue weighted by Crippen LogP contribution is 2.52. The van der Waals surface area contributed by atoms with E-state index in [1.807, 2.05) is 29.2 Å². The molecule has 2 fully saturated rings. The summed E-state index contributed by atoms with van der Waals surface area (Å²) in [5.41, 5.74) is 0.338. The average Bonchev–Trinajstić information content (AvgIpc) is 3.17. The highest BCUT2D eigenvalue weighted by atomic mass is 35.5. The average molecular weight is 463 g/mol. The summed E-state index contributed by atoms with van der Waals surface area (Å²) in [6, 6.07) is 7.67. The SMILES string of the molecule is CC1(C)CC2CC(C)(CN2C(=O)COC(=O)CNC(=O)c2sc3ccccc3c2Cl)C1. The quantitative estimate of drug-likeness (QED) is 0.674. The van der Waals surface area contributed by atoms with E-state index in [0.29, 0.717) is 16.4 Å². The van der Waals surface area contributed by atoms with Gasteiger partial charge in [0.1, 0.15) is 11.4 Å². The van der Waals surface area contributed by atoms with Gasteiger partial charge in [0.2, 0.25) is 0 Å². The maximum atomic E-state index is 12.7. The molecule has 8 heteroatoms. The van der Waals surface area contributed by atoms with Gasteiger partial charge in [-0.25, -0.2) is 0 Å². The van der Waals surface area contributed by atoms with Crippen LogP contribution >= 0.6 is 22.9 Å². The van der Waals surface area contributed by atoms with E-state index in [4.69, 9.17) is 16.3 Å². The lowest BCUT2D eigenvalue weighted by molar-refractivity contribution is -0.151. The number of fused-ring (bicyclic) bond motifs is 3. The molecule has 2 bridgehead atoms. The molecule has 6 nitrogen and oxygen atoms in total. The molecule has 2 aliphatic rings. The van der Waals surface area contributed by atoms with Crippen LogP contribution < -0.4 is 5.32 Å². The molecule has 31 heavy (non-hydrogen) atoms. The molecule has 1 aromatic carbocycles. The first kappa shape index (κ1) is 22.1. The van der Waals surface area contributed by atoms with Gasteiger partial charge in [0.25, 0.3) is 11.8 Å². The van der Waals surface area contributed by atoms with Crippen LogP contribution in [0.1, 0.15) is 49.7 Å².